The van der Waals surface area contributed by atoms with Gasteiger partial charge >= 0.3 is 0 Å². The Morgan fingerprint density at radius 2 is 2.05 bits per heavy atom. The number of halogens is 2. The van der Waals surface area contributed by atoms with E-state index in [4.69, 9.17) is 9.47 Å². The molecule has 1 aromatic rings. The van der Waals surface area contributed by atoms with Crippen molar-refractivity contribution in [3.05, 3.63) is 23.8 Å². The normalized spacial score (nSPS) is 21.1. The van der Waals surface area contributed by atoms with Crippen LogP contribution in [-0.2, 0) is 6.42 Å². The Bertz CT molecular complexity index is 426. The minimum Gasteiger partial charge on any atom is -0.497 e. The van der Waals surface area contributed by atoms with Gasteiger partial charge in [-0.1, -0.05) is 0 Å². The molecule has 3 rings (SSSR count). The predicted octanol–water partition coefficient (Wildman–Crippen LogP) is 1.75. The topological polar surface area (TPSA) is 33.7 Å². The van der Waals surface area contributed by atoms with Crippen LogP contribution in [0.3, 0.4) is 0 Å². The van der Waals surface area contributed by atoms with Gasteiger partial charge in [0.2, 0.25) is 0 Å². The van der Waals surface area contributed by atoms with Gasteiger partial charge in [0.25, 0.3) is 0 Å². The van der Waals surface area contributed by atoms with Gasteiger partial charge < -0.3 is 14.8 Å². The zero-order valence-corrected chi connectivity index (χ0v) is 13.3. The fraction of sp³-hybridized carbons (Fsp3) is 0.571. The minimum atomic E-state index is 0. The van der Waals surface area contributed by atoms with Crippen LogP contribution < -0.4 is 14.8 Å². The Morgan fingerprint density at radius 3 is 2.75 bits per heavy atom. The first-order chi connectivity index (χ1) is 8.85. The minimum absolute atomic E-state index is 0. The largest absolute Gasteiger partial charge is 0.497 e. The number of methoxy groups -OCH3 is 1. The Balaban J connectivity index is 0.000001000. The molecule has 2 heterocycles. The first-order valence-corrected chi connectivity index (χ1v) is 6.62. The average molecular weight is 321 g/mol. The molecule has 1 atom stereocenters. The second-order valence-electron chi connectivity index (χ2n) is 4.97. The third kappa shape index (κ3) is 3.92. The van der Waals surface area contributed by atoms with Gasteiger partial charge in [0.15, 0.2) is 0 Å². The van der Waals surface area contributed by atoms with Gasteiger partial charge in [-0.3, -0.25) is 4.90 Å². The molecule has 0 aromatic heterocycles. The van der Waals surface area contributed by atoms with E-state index in [0.29, 0.717) is 6.10 Å². The van der Waals surface area contributed by atoms with Crippen molar-refractivity contribution in [2.24, 2.45) is 0 Å². The van der Waals surface area contributed by atoms with Crippen molar-refractivity contribution in [3.63, 3.8) is 0 Å². The SMILES string of the molecule is COc1ccc2c(c1)CC(CN1CCNCC1)O2.Cl.Cl. The predicted molar refractivity (Wildman–Crippen MR) is 84.9 cm³/mol. The molecule has 2 aliphatic heterocycles. The van der Waals surface area contributed by atoms with Crippen molar-refractivity contribution in [3.8, 4) is 11.5 Å². The van der Waals surface area contributed by atoms with Crippen LogP contribution in [0.1, 0.15) is 5.56 Å². The first kappa shape index (κ1) is 17.4. The highest BCUT2D eigenvalue weighted by Gasteiger charge is 2.25. The summed E-state index contributed by atoms with van der Waals surface area (Å²) < 4.78 is 11.2. The molecule has 0 aliphatic carbocycles. The smallest absolute Gasteiger partial charge is 0.123 e. The summed E-state index contributed by atoms with van der Waals surface area (Å²) in [7, 11) is 1.70. The second kappa shape index (κ2) is 7.93. The van der Waals surface area contributed by atoms with Crippen LogP contribution in [0, 0.1) is 0 Å². The summed E-state index contributed by atoms with van der Waals surface area (Å²) in [6, 6.07) is 6.07. The van der Waals surface area contributed by atoms with Gasteiger partial charge in [-0.2, -0.15) is 0 Å². The molecule has 2 aliphatic rings. The number of piperazine rings is 1. The van der Waals surface area contributed by atoms with E-state index >= 15 is 0 Å². The molecular weight excluding hydrogens is 299 g/mol. The lowest BCUT2D eigenvalue weighted by Gasteiger charge is -2.29. The number of fused-ring (bicyclic) bond motifs is 1. The van der Waals surface area contributed by atoms with Crippen LogP contribution in [0.5, 0.6) is 11.5 Å². The van der Waals surface area contributed by atoms with E-state index in [1.807, 2.05) is 12.1 Å². The highest BCUT2D eigenvalue weighted by Crippen LogP contribution is 2.32. The number of hydrogen-bond donors (Lipinski definition) is 1. The highest BCUT2D eigenvalue weighted by atomic mass is 35.5. The Hall–Kier alpha value is -0.680. The van der Waals surface area contributed by atoms with Crippen molar-refractivity contribution >= 4 is 24.8 Å². The summed E-state index contributed by atoms with van der Waals surface area (Å²) in [5, 5.41) is 3.37. The summed E-state index contributed by atoms with van der Waals surface area (Å²) in [6.45, 7) is 5.46. The fourth-order valence-electron chi connectivity index (χ4n) is 2.71. The molecule has 1 aromatic carbocycles. The summed E-state index contributed by atoms with van der Waals surface area (Å²) in [6.07, 6.45) is 1.29. The van der Waals surface area contributed by atoms with Crippen LogP contribution in [0.2, 0.25) is 0 Å². The summed E-state index contributed by atoms with van der Waals surface area (Å²) in [5.41, 5.74) is 1.27. The number of rotatable bonds is 3. The maximum Gasteiger partial charge on any atom is 0.123 e. The lowest BCUT2D eigenvalue weighted by molar-refractivity contribution is 0.139. The van der Waals surface area contributed by atoms with Gasteiger partial charge in [-0.25, -0.2) is 0 Å². The van der Waals surface area contributed by atoms with E-state index in [9.17, 15) is 0 Å². The standard InChI is InChI=1S/C14H20N2O2.2ClH/c1-17-12-2-3-14-11(8-12)9-13(18-14)10-16-6-4-15-5-7-16;;/h2-3,8,13,15H,4-7,9-10H2,1H3;2*1H. The first-order valence-electron chi connectivity index (χ1n) is 6.62. The number of benzene rings is 1. The summed E-state index contributed by atoms with van der Waals surface area (Å²) in [4.78, 5) is 2.48. The molecule has 1 N–H and O–H groups in total. The molecule has 0 spiro atoms. The van der Waals surface area contributed by atoms with Crippen molar-refractivity contribution in [2.45, 2.75) is 12.5 Å². The molecule has 6 heteroatoms. The zero-order valence-electron chi connectivity index (χ0n) is 11.6. The Labute approximate surface area is 132 Å². The highest BCUT2D eigenvalue weighted by molar-refractivity contribution is 5.85. The third-order valence-corrected chi connectivity index (χ3v) is 3.68. The van der Waals surface area contributed by atoms with E-state index < -0.39 is 0 Å². The Morgan fingerprint density at radius 1 is 1.30 bits per heavy atom. The van der Waals surface area contributed by atoms with Gasteiger partial charge in [0.1, 0.15) is 17.6 Å². The lowest BCUT2D eigenvalue weighted by Crippen LogP contribution is -2.47. The van der Waals surface area contributed by atoms with Crippen LogP contribution in [0.4, 0.5) is 0 Å². The molecule has 114 valence electrons. The number of nitrogens with one attached hydrogen (secondary N) is 1. The third-order valence-electron chi connectivity index (χ3n) is 3.68. The van der Waals surface area contributed by atoms with Crippen molar-refractivity contribution < 1.29 is 9.47 Å². The second-order valence-corrected chi connectivity index (χ2v) is 4.97. The number of ether oxygens (including phenoxy) is 2. The molecule has 0 amide bonds. The molecule has 1 saturated heterocycles. The van der Waals surface area contributed by atoms with E-state index in [2.05, 4.69) is 16.3 Å². The maximum absolute atomic E-state index is 5.99. The molecule has 20 heavy (non-hydrogen) atoms. The quantitative estimate of drug-likeness (QED) is 0.920. The van der Waals surface area contributed by atoms with Crippen LogP contribution in [0.15, 0.2) is 18.2 Å². The molecular formula is C14H22Cl2N2O2. The number of nitrogens with zero attached hydrogens (tertiary/aromatic N) is 1. The maximum atomic E-state index is 5.99. The lowest BCUT2D eigenvalue weighted by atomic mass is 10.1. The van der Waals surface area contributed by atoms with Crippen molar-refractivity contribution in [1.82, 2.24) is 10.2 Å². The molecule has 0 bridgehead atoms. The van der Waals surface area contributed by atoms with Crippen LogP contribution in [0.25, 0.3) is 0 Å². The Kier molecular flexibility index (Phi) is 6.89. The molecule has 0 radical (unpaired) electrons. The van der Waals surface area contributed by atoms with Gasteiger partial charge in [-0.15, -0.1) is 24.8 Å². The van der Waals surface area contributed by atoms with Crippen LogP contribution in [-0.4, -0.2) is 50.8 Å². The summed E-state index contributed by atoms with van der Waals surface area (Å²) >= 11 is 0. The fourth-order valence-corrected chi connectivity index (χ4v) is 2.71. The van der Waals surface area contributed by atoms with Crippen molar-refractivity contribution in [2.75, 3.05) is 39.8 Å². The van der Waals surface area contributed by atoms with E-state index in [1.54, 1.807) is 7.11 Å². The van der Waals surface area contributed by atoms with E-state index in [0.717, 1.165) is 50.6 Å². The van der Waals surface area contributed by atoms with Gasteiger partial charge in [0.05, 0.1) is 7.11 Å². The molecule has 1 unspecified atom stereocenters. The number of hydrogen-bond acceptors (Lipinski definition) is 4. The molecule has 4 nitrogen and oxygen atoms in total. The van der Waals surface area contributed by atoms with Gasteiger partial charge in [0, 0.05) is 44.7 Å². The van der Waals surface area contributed by atoms with Crippen molar-refractivity contribution in [1.29, 1.82) is 0 Å². The van der Waals surface area contributed by atoms with E-state index in [-0.39, 0.29) is 24.8 Å². The summed E-state index contributed by atoms with van der Waals surface area (Å²) in [5.74, 6) is 1.94. The van der Waals surface area contributed by atoms with Crippen LogP contribution >= 0.6 is 24.8 Å². The van der Waals surface area contributed by atoms with Gasteiger partial charge in [-0.05, 0) is 18.2 Å². The zero-order chi connectivity index (χ0) is 12.4. The van der Waals surface area contributed by atoms with E-state index in [1.165, 1.54) is 5.56 Å². The monoisotopic (exact) mass is 320 g/mol. The molecule has 1 fully saturated rings. The average Bonchev–Trinajstić information content (AvgIpc) is 2.80. The molecule has 0 saturated carbocycles.